The highest BCUT2D eigenvalue weighted by Crippen LogP contribution is 2.20. The molecule has 0 unspecified atom stereocenters. The summed E-state index contributed by atoms with van der Waals surface area (Å²) in [4.78, 5) is 36.8. The van der Waals surface area contributed by atoms with Crippen LogP contribution in [0.5, 0.6) is 0 Å². The molecule has 0 aliphatic carbocycles. The molecule has 1 aliphatic rings. The first-order valence-electron chi connectivity index (χ1n) is 7.17. The molecule has 0 radical (unpaired) electrons. The zero-order valence-electron chi connectivity index (χ0n) is 12.5. The van der Waals surface area contributed by atoms with E-state index in [0.717, 1.165) is 0 Å². The number of nitrogen functional groups attached to an aromatic ring is 1. The van der Waals surface area contributed by atoms with E-state index < -0.39 is 18.5 Å². The molecular weight excluding hydrogens is 366 g/mol. The van der Waals surface area contributed by atoms with Gasteiger partial charge in [0, 0.05) is 23.2 Å². The molecule has 1 saturated heterocycles. The molecular formula is C15H18BrN3O4. The number of amides is 2. The third-order valence-electron chi connectivity index (χ3n) is 3.74. The number of primary amides is 1. The second-order valence-corrected chi connectivity index (χ2v) is 6.30. The van der Waals surface area contributed by atoms with Crippen LogP contribution in [0.4, 0.5) is 5.69 Å². The molecule has 1 heterocycles. The van der Waals surface area contributed by atoms with Crippen LogP contribution in [0.1, 0.15) is 23.2 Å². The smallest absolute Gasteiger partial charge is 0.340 e. The Morgan fingerprint density at radius 2 is 2.09 bits per heavy atom. The van der Waals surface area contributed by atoms with Gasteiger partial charge in [0.05, 0.1) is 11.5 Å². The van der Waals surface area contributed by atoms with Crippen LogP contribution >= 0.6 is 15.9 Å². The van der Waals surface area contributed by atoms with Gasteiger partial charge in [-0.1, -0.05) is 15.9 Å². The van der Waals surface area contributed by atoms with Crippen LogP contribution in [0.3, 0.4) is 0 Å². The molecule has 23 heavy (non-hydrogen) atoms. The molecule has 1 aromatic rings. The van der Waals surface area contributed by atoms with E-state index >= 15 is 0 Å². The fourth-order valence-corrected chi connectivity index (χ4v) is 2.80. The van der Waals surface area contributed by atoms with Crippen molar-refractivity contribution >= 4 is 39.4 Å². The second-order valence-electron chi connectivity index (χ2n) is 5.39. The molecule has 1 aliphatic heterocycles. The molecule has 1 atom stereocenters. The zero-order chi connectivity index (χ0) is 17.0. The Bertz CT molecular complexity index is 635. The number of halogens is 1. The highest BCUT2D eigenvalue weighted by molar-refractivity contribution is 9.10. The van der Waals surface area contributed by atoms with Gasteiger partial charge in [0.15, 0.2) is 6.61 Å². The summed E-state index contributed by atoms with van der Waals surface area (Å²) in [5, 5.41) is 0. The lowest BCUT2D eigenvalue weighted by molar-refractivity contribution is -0.137. The molecule has 8 heteroatoms. The van der Waals surface area contributed by atoms with Gasteiger partial charge < -0.3 is 21.1 Å². The standard InChI is InChI=1S/C15H18BrN3O4/c16-10-3-4-12(17)11(6-10)15(22)23-8-13(20)19-5-1-2-9(7-19)14(18)21/h3-4,6,9H,1-2,5,7-8,17H2,(H2,18,21)/t9-/m1/s1. The topological polar surface area (TPSA) is 116 Å². The van der Waals surface area contributed by atoms with Gasteiger partial charge in [-0.2, -0.15) is 0 Å². The van der Waals surface area contributed by atoms with Gasteiger partial charge in [0.25, 0.3) is 5.91 Å². The summed E-state index contributed by atoms with van der Waals surface area (Å²) in [5.41, 5.74) is 11.5. The monoisotopic (exact) mass is 383 g/mol. The van der Waals surface area contributed by atoms with Crippen molar-refractivity contribution in [1.82, 2.24) is 4.90 Å². The third-order valence-corrected chi connectivity index (χ3v) is 4.23. The average molecular weight is 384 g/mol. The first-order valence-corrected chi connectivity index (χ1v) is 7.97. The van der Waals surface area contributed by atoms with E-state index in [9.17, 15) is 14.4 Å². The van der Waals surface area contributed by atoms with Crippen molar-refractivity contribution in [2.75, 3.05) is 25.4 Å². The summed E-state index contributed by atoms with van der Waals surface area (Å²) in [6.45, 7) is 0.403. The van der Waals surface area contributed by atoms with E-state index in [0.29, 0.717) is 23.9 Å². The van der Waals surface area contributed by atoms with Crippen molar-refractivity contribution in [3.8, 4) is 0 Å². The Labute approximate surface area is 142 Å². The van der Waals surface area contributed by atoms with Crippen molar-refractivity contribution in [2.24, 2.45) is 11.7 Å². The SMILES string of the molecule is NC(=O)[C@@H]1CCCN(C(=O)COC(=O)c2cc(Br)ccc2N)C1. The van der Waals surface area contributed by atoms with E-state index in [1.54, 1.807) is 12.1 Å². The highest BCUT2D eigenvalue weighted by atomic mass is 79.9. The number of carbonyl (C=O) groups is 3. The lowest BCUT2D eigenvalue weighted by atomic mass is 9.97. The molecule has 0 spiro atoms. The Kier molecular flexibility index (Phi) is 5.59. The summed E-state index contributed by atoms with van der Waals surface area (Å²) in [6, 6.07) is 4.81. The molecule has 2 rings (SSSR count). The van der Waals surface area contributed by atoms with Crippen LogP contribution in [0, 0.1) is 5.92 Å². The summed E-state index contributed by atoms with van der Waals surface area (Å²) < 4.78 is 5.71. The molecule has 1 aromatic carbocycles. The number of rotatable bonds is 4. The summed E-state index contributed by atoms with van der Waals surface area (Å²) in [6.07, 6.45) is 1.37. The van der Waals surface area contributed by atoms with Crippen LogP contribution in [0.15, 0.2) is 22.7 Å². The molecule has 0 bridgehead atoms. The van der Waals surface area contributed by atoms with Gasteiger partial charge in [-0.05, 0) is 31.0 Å². The Hall–Kier alpha value is -2.09. The summed E-state index contributed by atoms with van der Waals surface area (Å²) in [5.74, 6) is -1.77. The maximum atomic E-state index is 12.1. The predicted octanol–water partition coefficient (Wildman–Crippen LogP) is 0.912. The van der Waals surface area contributed by atoms with Crippen molar-refractivity contribution in [3.05, 3.63) is 28.2 Å². The Morgan fingerprint density at radius 1 is 1.35 bits per heavy atom. The number of benzene rings is 1. The van der Waals surface area contributed by atoms with E-state index in [-0.39, 0.29) is 29.6 Å². The van der Waals surface area contributed by atoms with Gasteiger partial charge in [-0.15, -0.1) is 0 Å². The lowest BCUT2D eigenvalue weighted by Gasteiger charge is -2.31. The zero-order valence-corrected chi connectivity index (χ0v) is 14.0. The normalized spacial score (nSPS) is 17.6. The predicted molar refractivity (Wildman–Crippen MR) is 87.3 cm³/mol. The molecule has 4 N–H and O–H groups in total. The van der Waals surface area contributed by atoms with E-state index in [2.05, 4.69) is 15.9 Å². The average Bonchev–Trinajstić information content (AvgIpc) is 2.54. The van der Waals surface area contributed by atoms with E-state index in [4.69, 9.17) is 16.2 Å². The van der Waals surface area contributed by atoms with Gasteiger partial charge in [-0.3, -0.25) is 9.59 Å². The van der Waals surface area contributed by atoms with Crippen LogP contribution in [-0.2, 0) is 14.3 Å². The number of esters is 1. The number of hydrogen-bond acceptors (Lipinski definition) is 5. The van der Waals surface area contributed by atoms with Crippen LogP contribution in [0.25, 0.3) is 0 Å². The van der Waals surface area contributed by atoms with E-state index in [1.165, 1.54) is 11.0 Å². The number of anilines is 1. The minimum atomic E-state index is -0.666. The van der Waals surface area contributed by atoms with Gasteiger partial charge in [0.1, 0.15) is 0 Å². The first kappa shape index (κ1) is 17.3. The largest absolute Gasteiger partial charge is 0.452 e. The number of nitrogens with zero attached hydrogens (tertiary/aromatic N) is 1. The minimum Gasteiger partial charge on any atom is -0.452 e. The first-order chi connectivity index (χ1) is 10.9. The number of hydrogen-bond donors (Lipinski definition) is 2. The van der Waals surface area contributed by atoms with Gasteiger partial charge >= 0.3 is 5.97 Å². The molecule has 7 nitrogen and oxygen atoms in total. The van der Waals surface area contributed by atoms with Crippen molar-refractivity contribution < 1.29 is 19.1 Å². The number of ether oxygens (including phenoxy) is 1. The maximum absolute atomic E-state index is 12.1. The molecule has 0 saturated carbocycles. The third kappa shape index (κ3) is 4.44. The molecule has 124 valence electrons. The number of piperidine rings is 1. The number of carbonyl (C=O) groups excluding carboxylic acids is 3. The fourth-order valence-electron chi connectivity index (χ4n) is 2.44. The minimum absolute atomic E-state index is 0.195. The maximum Gasteiger partial charge on any atom is 0.340 e. The van der Waals surface area contributed by atoms with Gasteiger partial charge in [-0.25, -0.2) is 4.79 Å². The van der Waals surface area contributed by atoms with Crippen LogP contribution in [-0.4, -0.2) is 42.4 Å². The van der Waals surface area contributed by atoms with Gasteiger partial charge in [0.2, 0.25) is 5.91 Å². The highest BCUT2D eigenvalue weighted by Gasteiger charge is 2.27. The Morgan fingerprint density at radius 3 is 2.78 bits per heavy atom. The lowest BCUT2D eigenvalue weighted by Crippen LogP contribution is -2.45. The molecule has 0 aromatic heterocycles. The van der Waals surface area contributed by atoms with Crippen LogP contribution in [0.2, 0.25) is 0 Å². The summed E-state index contributed by atoms with van der Waals surface area (Å²) >= 11 is 3.25. The number of likely N-dealkylation sites (tertiary alicyclic amines) is 1. The molecule has 1 fully saturated rings. The molecule has 2 amide bonds. The fraction of sp³-hybridized carbons (Fsp3) is 0.400. The Balaban J connectivity index is 1.92. The van der Waals surface area contributed by atoms with Crippen LogP contribution < -0.4 is 11.5 Å². The number of nitrogens with two attached hydrogens (primary N) is 2. The van der Waals surface area contributed by atoms with Crippen molar-refractivity contribution in [2.45, 2.75) is 12.8 Å². The second kappa shape index (κ2) is 7.45. The quantitative estimate of drug-likeness (QED) is 0.592. The van der Waals surface area contributed by atoms with Crippen molar-refractivity contribution in [3.63, 3.8) is 0 Å². The van der Waals surface area contributed by atoms with E-state index in [1.807, 2.05) is 0 Å². The van der Waals surface area contributed by atoms with Crippen molar-refractivity contribution in [1.29, 1.82) is 0 Å². The summed E-state index contributed by atoms with van der Waals surface area (Å²) in [7, 11) is 0.